The highest BCUT2D eigenvalue weighted by atomic mass is 16.4. The van der Waals surface area contributed by atoms with Crippen molar-refractivity contribution < 1.29 is 29.4 Å². The number of carboxylic acids is 2. The monoisotopic (exact) mass is 539 g/mol. The highest BCUT2D eigenvalue weighted by Gasteiger charge is 2.26. The van der Waals surface area contributed by atoms with Gasteiger partial charge in [-0.3, -0.25) is 9.59 Å². The predicted molar refractivity (Wildman–Crippen MR) is 146 cm³/mol. The lowest BCUT2D eigenvalue weighted by molar-refractivity contribution is -0.140. The molecule has 2 atom stereocenters. The number of hydrogen-bond donors (Lipinski definition) is 6. The largest absolute Gasteiger partial charge is 0.480 e. The summed E-state index contributed by atoms with van der Waals surface area (Å²) in [5.74, 6) is -4.02. The number of H-pyrrole nitrogens is 2. The Hall–Kier alpha value is -5.45. The number of fused-ring (bicyclic) bond motifs is 2. The molecule has 11 heteroatoms. The summed E-state index contributed by atoms with van der Waals surface area (Å²) in [5.41, 5.74) is 2.77. The molecule has 202 valence electrons. The minimum Gasteiger partial charge on any atom is -0.480 e. The van der Waals surface area contributed by atoms with Gasteiger partial charge in [-0.15, -0.1) is 0 Å². The van der Waals surface area contributed by atoms with Gasteiger partial charge in [-0.2, -0.15) is 0 Å². The van der Waals surface area contributed by atoms with Crippen molar-refractivity contribution in [2.24, 2.45) is 0 Å². The molecule has 0 aliphatic rings. The van der Waals surface area contributed by atoms with Gasteiger partial charge >= 0.3 is 11.9 Å². The van der Waals surface area contributed by atoms with E-state index in [1.165, 1.54) is 18.2 Å². The first kappa shape index (κ1) is 26.2. The van der Waals surface area contributed by atoms with Crippen LogP contribution in [0.4, 0.5) is 0 Å². The van der Waals surface area contributed by atoms with Gasteiger partial charge in [-0.25, -0.2) is 14.6 Å². The highest BCUT2D eigenvalue weighted by molar-refractivity contribution is 5.99. The third-order valence-electron chi connectivity index (χ3n) is 6.62. The number of nitrogens with zero attached hydrogens (tertiary/aromatic N) is 1. The summed E-state index contributed by atoms with van der Waals surface area (Å²) in [6.07, 6.45) is 3.45. The zero-order valence-electron chi connectivity index (χ0n) is 21.0. The number of carbonyl (C=O) groups is 4. The third kappa shape index (κ3) is 5.53. The first-order valence-corrected chi connectivity index (χ1v) is 12.4. The quantitative estimate of drug-likeness (QED) is 0.158. The molecule has 0 aliphatic carbocycles. The van der Waals surface area contributed by atoms with Crippen LogP contribution in [0.2, 0.25) is 0 Å². The predicted octanol–water partition coefficient (Wildman–Crippen LogP) is 2.90. The lowest BCUT2D eigenvalue weighted by Gasteiger charge is -2.15. The van der Waals surface area contributed by atoms with Crippen LogP contribution in [0.15, 0.2) is 79.1 Å². The maximum Gasteiger partial charge on any atom is 0.326 e. The molecule has 40 heavy (non-hydrogen) atoms. The summed E-state index contributed by atoms with van der Waals surface area (Å²) < 4.78 is 0. The molecule has 11 nitrogen and oxygen atoms in total. The van der Waals surface area contributed by atoms with E-state index >= 15 is 0 Å². The summed E-state index contributed by atoms with van der Waals surface area (Å²) in [5, 5.41) is 26.1. The topological polar surface area (TPSA) is 177 Å². The van der Waals surface area contributed by atoms with Crippen molar-refractivity contribution in [1.29, 1.82) is 0 Å². The summed E-state index contributed by atoms with van der Waals surface area (Å²) in [6.45, 7) is 0. The molecule has 0 saturated carbocycles. The average Bonchev–Trinajstić information content (AvgIpc) is 3.56. The molecule has 5 aromatic rings. The Balaban J connectivity index is 1.28. The number of aromatic amines is 2. The second-order valence-corrected chi connectivity index (χ2v) is 9.26. The van der Waals surface area contributed by atoms with E-state index in [0.717, 1.165) is 32.9 Å². The average molecular weight is 540 g/mol. The summed E-state index contributed by atoms with van der Waals surface area (Å²) in [7, 11) is 0. The number of para-hydroxylation sites is 2. The van der Waals surface area contributed by atoms with Crippen molar-refractivity contribution in [2.45, 2.75) is 24.9 Å². The Morgan fingerprint density at radius 3 is 1.50 bits per heavy atom. The molecule has 0 spiro atoms. The Bertz CT molecular complexity index is 1620. The van der Waals surface area contributed by atoms with E-state index in [9.17, 15) is 29.4 Å². The molecule has 0 aliphatic heterocycles. The summed E-state index contributed by atoms with van der Waals surface area (Å²) in [6, 6.07) is 16.4. The van der Waals surface area contributed by atoms with Crippen molar-refractivity contribution in [3.63, 3.8) is 0 Å². The second kappa shape index (κ2) is 11.1. The van der Waals surface area contributed by atoms with Crippen LogP contribution < -0.4 is 10.6 Å². The van der Waals surface area contributed by atoms with Gasteiger partial charge in [0.1, 0.15) is 23.5 Å². The van der Waals surface area contributed by atoms with Gasteiger partial charge in [0, 0.05) is 47.0 Å². The van der Waals surface area contributed by atoms with Crippen LogP contribution in [-0.4, -0.2) is 61.0 Å². The molecule has 0 radical (unpaired) electrons. The smallest absolute Gasteiger partial charge is 0.326 e. The Morgan fingerprint density at radius 1 is 0.650 bits per heavy atom. The number of carbonyl (C=O) groups excluding carboxylic acids is 2. The van der Waals surface area contributed by atoms with Crippen LogP contribution in [0, 0.1) is 0 Å². The third-order valence-corrected chi connectivity index (χ3v) is 6.62. The summed E-state index contributed by atoms with van der Waals surface area (Å²) >= 11 is 0. The van der Waals surface area contributed by atoms with E-state index in [1.54, 1.807) is 12.4 Å². The van der Waals surface area contributed by atoms with Crippen molar-refractivity contribution in [2.75, 3.05) is 0 Å². The molecule has 5 rings (SSSR count). The molecule has 0 bridgehead atoms. The summed E-state index contributed by atoms with van der Waals surface area (Å²) in [4.78, 5) is 59.9. The SMILES string of the molecule is O=C(N[C@@H](Cc1c[nH]c2ccccc12)C(=O)O)c1cccc(C(=O)N[C@@H](Cc2c[nH]c3ccccc23)C(=O)O)n1. The van der Waals surface area contributed by atoms with Crippen molar-refractivity contribution in [3.8, 4) is 0 Å². The van der Waals surface area contributed by atoms with Gasteiger partial charge in [0.25, 0.3) is 11.8 Å². The number of hydrogen-bond acceptors (Lipinski definition) is 5. The number of amides is 2. The Kier molecular flexibility index (Phi) is 7.27. The van der Waals surface area contributed by atoms with Gasteiger partial charge in [-0.05, 0) is 35.4 Å². The number of benzene rings is 2. The van der Waals surface area contributed by atoms with Crippen molar-refractivity contribution in [1.82, 2.24) is 25.6 Å². The van der Waals surface area contributed by atoms with Crippen LogP contribution in [0.5, 0.6) is 0 Å². The van der Waals surface area contributed by atoms with E-state index in [1.807, 2.05) is 48.5 Å². The Morgan fingerprint density at radius 2 is 1.07 bits per heavy atom. The Labute approximate surface area is 227 Å². The first-order chi connectivity index (χ1) is 19.3. The molecule has 0 unspecified atom stereocenters. The van der Waals surface area contributed by atoms with Crippen LogP contribution in [0.1, 0.15) is 32.1 Å². The van der Waals surface area contributed by atoms with Crippen LogP contribution in [0.3, 0.4) is 0 Å². The number of pyridine rings is 1. The number of aromatic nitrogens is 3. The maximum atomic E-state index is 12.9. The molecule has 2 aromatic carbocycles. The number of aliphatic carboxylic acids is 2. The fourth-order valence-electron chi connectivity index (χ4n) is 4.59. The van der Waals surface area contributed by atoms with E-state index in [4.69, 9.17) is 0 Å². The number of carboxylic acid groups (broad SMARTS) is 2. The van der Waals surface area contributed by atoms with E-state index in [2.05, 4.69) is 25.6 Å². The fourth-order valence-corrected chi connectivity index (χ4v) is 4.59. The van der Waals surface area contributed by atoms with Gasteiger partial charge < -0.3 is 30.8 Å². The zero-order chi connectivity index (χ0) is 28.2. The van der Waals surface area contributed by atoms with Crippen LogP contribution >= 0.6 is 0 Å². The van der Waals surface area contributed by atoms with Gasteiger partial charge in [-0.1, -0.05) is 42.5 Å². The molecule has 0 fully saturated rings. The zero-order valence-corrected chi connectivity index (χ0v) is 21.0. The normalized spacial score (nSPS) is 12.6. The number of rotatable bonds is 10. The fraction of sp³-hybridized carbons (Fsp3) is 0.138. The molecule has 3 heterocycles. The van der Waals surface area contributed by atoms with Crippen molar-refractivity contribution in [3.05, 3.63) is 102 Å². The minimum absolute atomic E-state index is 0.0272. The molecular formula is C29H25N5O6. The van der Waals surface area contributed by atoms with Gasteiger partial charge in [0.15, 0.2) is 0 Å². The van der Waals surface area contributed by atoms with E-state index < -0.39 is 35.8 Å². The first-order valence-electron chi connectivity index (χ1n) is 12.4. The van der Waals surface area contributed by atoms with E-state index in [0.29, 0.717) is 0 Å². The highest BCUT2D eigenvalue weighted by Crippen LogP contribution is 2.20. The van der Waals surface area contributed by atoms with Crippen LogP contribution in [-0.2, 0) is 22.4 Å². The van der Waals surface area contributed by atoms with Gasteiger partial charge in [0.05, 0.1) is 0 Å². The van der Waals surface area contributed by atoms with Crippen molar-refractivity contribution >= 4 is 45.6 Å². The number of nitrogens with one attached hydrogen (secondary N) is 4. The lowest BCUT2D eigenvalue weighted by atomic mass is 10.0. The molecular weight excluding hydrogens is 514 g/mol. The maximum absolute atomic E-state index is 12.9. The molecule has 0 saturated heterocycles. The second-order valence-electron chi connectivity index (χ2n) is 9.26. The standard InChI is InChI=1S/C29H25N5O6/c35-26(33-24(28(37)38)12-16-14-30-20-8-3-1-6-18(16)20)22-10-5-11-23(32-22)27(36)34-25(29(39)40)13-17-15-31-21-9-4-2-7-19(17)21/h1-11,14-15,24-25,30-31H,12-13H2,(H,33,35)(H,34,36)(H,37,38)(H,39,40)/t24-,25-/m0/s1. The molecule has 6 N–H and O–H groups in total. The lowest BCUT2D eigenvalue weighted by Crippen LogP contribution is -2.43. The van der Waals surface area contributed by atoms with Gasteiger partial charge in [0.2, 0.25) is 0 Å². The molecule has 3 aromatic heterocycles. The van der Waals surface area contributed by atoms with E-state index in [-0.39, 0.29) is 24.2 Å². The van der Waals surface area contributed by atoms with Crippen LogP contribution in [0.25, 0.3) is 21.8 Å². The minimum atomic E-state index is -1.25. The molecule has 2 amide bonds.